The largest absolute Gasteiger partial charge is 0.508 e. The van der Waals surface area contributed by atoms with Gasteiger partial charge in [-0.2, -0.15) is 0 Å². The third-order valence-electron chi connectivity index (χ3n) is 6.02. The van der Waals surface area contributed by atoms with Crippen molar-refractivity contribution in [2.24, 2.45) is 5.92 Å². The van der Waals surface area contributed by atoms with Gasteiger partial charge in [0.2, 0.25) is 5.91 Å². The molecule has 0 radical (unpaired) electrons. The number of amides is 1. The summed E-state index contributed by atoms with van der Waals surface area (Å²) in [5.41, 5.74) is 2.00. The van der Waals surface area contributed by atoms with Crippen molar-refractivity contribution in [2.45, 2.75) is 58.5 Å². The van der Waals surface area contributed by atoms with Crippen LogP contribution in [0.1, 0.15) is 37.9 Å². The van der Waals surface area contributed by atoms with Gasteiger partial charge in [0.15, 0.2) is 0 Å². The van der Waals surface area contributed by atoms with E-state index in [1.54, 1.807) is 27.9 Å². The van der Waals surface area contributed by atoms with Crippen molar-refractivity contribution in [3.63, 3.8) is 0 Å². The minimum Gasteiger partial charge on any atom is -0.508 e. The Kier molecular flexibility index (Phi) is 8.60. The number of aromatic nitrogens is 3. The number of nitrogens with zero attached hydrogens (tertiary/aromatic N) is 5. The Balaban J connectivity index is 1.76. The number of fused-ring (bicyclic) bond motifs is 1. The third-order valence-corrected chi connectivity index (χ3v) is 6.02. The highest BCUT2D eigenvalue weighted by Gasteiger charge is 2.28. The molecule has 0 aliphatic carbocycles. The van der Waals surface area contributed by atoms with Crippen LogP contribution in [-0.4, -0.2) is 79.8 Å². The fourth-order valence-electron chi connectivity index (χ4n) is 4.03. The average molecular weight is 446 g/mol. The molecule has 0 unspecified atom stereocenters. The first-order valence-electron chi connectivity index (χ1n) is 11.2. The Bertz CT molecular complexity index is 856. The molecule has 0 fully saturated rings. The van der Waals surface area contributed by atoms with Crippen LogP contribution in [0.3, 0.4) is 0 Å². The predicted octanol–water partition coefficient (Wildman–Crippen LogP) is 1.64. The number of aromatic hydroxyl groups is 1. The first-order valence-corrected chi connectivity index (χ1v) is 11.2. The van der Waals surface area contributed by atoms with Crippen molar-refractivity contribution in [3.05, 3.63) is 41.7 Å². The quantitative estimate of drug-likeness (QED) is 0.697. The van der Waals surface area contributed by atoms with Gasteiger partial charge in [0.05, 0.1) is 37.3 Å². The number of ether oxygens (including phenoxy) is 1. The molecular formula is C23H35N5O4. The van der Waals surface area contributed by atoms with E-state index < -0.39 is 0 Å². The van der Waals surface area contributed by atoms with Crippen LogP contribution in [0.2, 0.25) is 0 Å². The second-order valence-corrected chi connectivity index (χ2v) is 8.82. The molecule has 9 nitrogen and oxygen atoms in total. The van der Waals surface area contributed by atoms with Crippen LogP contribution in [0.4, 0.5) is 0 Å². The van der Waals surface area contributed by atoms with Crippen molar-refractivity contribution in [3.8, 4) is 5.75 Å². The number of likely N-dealkylation sites (N-methyl/N-ethyl adjacent to an activating group) is 1. The van der Waals surface area contributed by atoms with E-state index in [9.17, 15) is 15.0 Å². The van der Waals surface area contributed by atoms with Crippen LogP contribution in [-0.2, 0) is 29.2 Å². The maximum atomic E-state index is 12.9. The van der Waals surface area contributed by atoms with Gasteiger partial charge >= 0.3 is 0 Å². The first kappa shape index (κ1) is 24.2. The molecule has 176 valence electrons. The number of carbonyl (C=O) groups excluding carboxylic acids is 1. The number of hydrogen-bond acceptors (Lipinski definition) is 7. The van der Waals surface area contributed by atoms with E-state index in [0.29, 0.717) is 45.6 Å². The van der Waals surface area contributed by atoms with Gasteiger partial charge in [0.25, 0.3) is 0 Å². The molecule has 1 aromatic carbocycles. The summed E-state index contributed by atoms with van der Waals surface area (Å²) in [5.74, 6) is 0.344. The summed E-state index contributed by atoms with van der Waals surface area (Å²) in [7, 11) is 2.03. The molecule has 1 aromatic heterocycles. The van der Waals surface area contributed by atoms with Crippen LogP contribution in [0.15, 0.2) is 30.5 Å². The van der Waals surface area contributed by atoms with Crippen molar-refractivity contribution in [1.82, 2.24) is 24.8 Å². The summed E-state index contributed by atoms with van der Waals surface area (Å²) < 4.78 is 8.16. The maximum absolute atomic E-state index is 12.9. The highest BCUT2D eigenvalue weighted by atomic mass is 16.5. The lowest BCUT2D eigenvalue weighted by Gasteiger charge is -2.35. The standard InChI is InChI=1S/C23H35N5O4/c1-17-12-27(18(2)15-29)23(31)5-4-10-28-20(11-24-25-28)16-32-22(17)14-26(3)13-19-6-8-21(30)9-7-19/h6-9,11,17-18,22,29-30H,4-5,10,12-16H2,1-3H3/t17-,18-,22+/m0/s1. The zero-order valence-corrected chi connectivity index (χ0v) is 19.2. The van der Waals surface area contributed by atoms with Crippen LogP contribution in [0.25, 0.3) is 0 Å². The number of benzene rings is 1. The molecule has 1 aliphatic rings. The highest BCUT2D eigenvalue weighted by molar-refractivity contribution is 5.76. The van der Waals surface area contributed by atoms with Gasteiger partial charge in [-0.3, -0.25) is 9.69 Å². The molecular weight excluding hydrogens is 410 g/mol. The van der Waals surface area contributed by atoms with Crippen LogP contribution < -0.4 is 0 Å². The van der Waals surface area contributed by atoms with E-state index in [1.807, 2.05) is 26.1 Å². The molecule has 1 aliphatic heterocycles. The SMILES string of the molecule is C[C@H]1CN([C@@H](C)CO)C(=O)CCCn2nncc2CO[C@@H]1CN(C)Cc1ccc(O)cc1. The predicted molar refractivity (Wildman–Crippen MR) is 120 cm³/mol. The third kappa shape index (κ3) is 6.51. The molecule has 0 saturated carbocycles. The van der Waals surface area contributed by atoms with E-state index >= 15 is 0 Å². The Morgan fingerprint density at radius 2 is 2.06 bits per heavy atom. The topological polar surface area (TPSA) is 104 Å². The minimum atomic E-state index is -0.245. The van der Waals surface area contributed by atoms with E-state index in [4.69, 9.17) is 4.74 Å². The number of aryl methyl sites for hydroxylation is 1. The maximum Gasteiger partial charge on any atom is 0.222 e. The molecule has 9 heteroatoms. The molecule has 32 heavy (non-hydrogen) atoms. The van der Waals surface area contributed by atoms with Gasteiger partial charge in [0.1, 0.15) is 5.75 Å². The van der Waals surface area contributed by atoms with Gasteiger partial charge in [-0.1, -0.05) is 24.3 Å². The Hall–Kier alpha value is -2.49. The van der Waals surface area contributed by atoms with Gasteiger partial charge in [-0.25, -0.2) is 4.68 Å². The molecule has 2 heterocycles. The van der Waals surface area contributed by atoms with Crippen LogP contribution in [0, 0.1) is 5.92 Å². The van der Waals surface area contributed by atoms with Gasteiger partial charge in [-0.15, -0.1) is 5.10 Å². The number of aliphatic hydroxyl groups is 1. The molecule has 0 saturated heterocycles. The van der Waals surface area contributed by atoms with E-state index in [0.717, 1.165) is 11.3 Å². The summed E-state index contributed by atoms with van der Waals surface area (Å²) >= 11 is 0. The van der Waals surface area contributed by atoms with Crippen molar-refractivity contribution >= 4 is 5.91 Å². The van der Waals surface area contributed by atoms with Crippen molar-refractivity contribution < 1.29 is 19.7 Å². The summed E-state index contributed by atoms with van der Waals surface area (Å²) in [6, 6.07) is 6.94. The summed E-state index contributed by atoms with van der Waals surface area (Å²) in [5, 5.41) is 27.4. The number of hydrogen-bond donors (Lipinski definition) is 2. The smallest absolute Gasteiger partial charge is 0.222 e. The molecule has 3 atom stereocenters. The number of phenolic OH excluding ortho intramolecular Hbond substituents is 1. The minimum absolute atomic E-state index is 0.0387. The molecule has 0 bridgehead atoms. The summed E-state index contributed by atoms with van der Waals surface area (Å²) in [6.07, 6.45) is 2.65. The number of carbonyl (C=O) groups is 1. The molecule has 3 rings (SSSR count). The molecule has 0 spiro atoms. The highest BCUT2D eigenvalue weighted by Crippen LogP contribution is 2.19. The van der Waals surface area contributed by atoms with Crippen molar-refractivity contribution in [1.29, 1.82) is 0 Å². The second kappa shape index (κ2) is 11.4. The van der Waals surface area contributed by atoms with Crippen LogP contribution in [0.5, 0.6) is 5.75 Å². The lowest BCUT2D eigenvalue weighted by atomic mass is 10.0. The number of aliphatic hydroxyl groups excluding tert-OH is 1. The molecule has 2 N–H and O–H groups in total. The zero-order chi connectivity index (χ0) is 23.1. The average Bonchev–Trinajstić information content (AvgIpc) is 3.22. The molecule has 1 amide bonds. The Morgan fingerprint density at radius 3 is 2.78 bits per heavy atom. The monoisotopic (exact) mass is 445 g/mol. The second-order valence-electron chi connectivity index (χ2n) is 8.82. The fourth-order valence-corrected chi connectivity index (χ4v) is 4.03. The first-order chi connectivity index (χ1) is 15.4. The lowest BCUT2D eigenvalue weighted by Crippen LogP contribution is -2.47. The normalized spacial score (nSPS) is 21.7. The van der Waals surface area contributed by atoms with Gasteiger partial charge in [0, 0.05) is 38.5 Å². The summed E-state index contributed by atoms with van der Waals surface area (Å²) in [4.78, 5) is 16.9. The van der Waals surface area contributed by atoms with Crippen molar-refractivity contribution in [2.75, 3.05) is 26.7 Å². The Morgan fingerprint density at radius 1 is 1.31 bits per heavy atom. The fraction of sp³-hybridized carbons (Fsp3) is 0.609. The summed E-state index contributed by atoms with van der Waals surface area (Å²) in [6.45, 7) is 6.80. The van der Waals surface area contributed by atoms with Gasteiger partial charge < -0.3 is 19.8 Å². The van der Waals surface area contributed by atoms with E-state index in [-0.39, 0.29) is 36.3 Å². The zero-order valence-electron chi connectivity index (χ0n) is 19.2. The lowest BCUT2D eigenvalue weighted by molar-refractivity contribution is -0.136. The molecule has 2 aromatic rings. The van der Waals surface area contributed by atoms with E-state index in [1.165, 1.54) is 0 Å². The van der Waals surface area contributed by atoms with Crippen LogP contribution >= 0.6 is 0 Å². The number of phenols is 1. The Labute approximate surface area is 189 Å². The number of rotatable bonds is 6. The van der Waals surface area contributed by atoms with Gasteiger partial charge in [-0.05, 0) is 38.1 Å². The van der Waals surface area contributed by atoms with E-state index in [2.05, 4.69) is 22.1 Å².